The fraction of sp³-hybridized carbons (Fsp3) is 0.125. The molecule has 0 amide bonds. The predicted molar refractivity (Wildman–Crippen MR) is 64.4 cm³/mol. The number of rotatable bonds is 2. The average molecular weight is 422 g/mol. The van der Waals surface area contributed by atoms with Crippen molar-refractivity contribution in [2.45, 2.75) is 6.10 Å². The summed E-state index contributed by atoms with van der Waals surface area (Å²) in [6.45, 7) is 0. The Balaban J connectivity index is 3.26. The SMILES string of the molecule is O=C(O)C(O)c1cc(I)cc(F)c1I. The van der Waals surface area contributed by atoms with Crippen molar-refractivity contribution in [2.24, 2.45) is 0 Å². The van der Waals surface area contributed by atoms with Gasteiger partial charge >= 0.3 is 5.97 Å². The van der Waals surface area contributed by atoms with E-state index in [1.54, 1.807) is 22.6 Å². The van der Waals surface area contributed by atoms with Gasteiger partial charge in [0.05, 0.1) is 3.57 Å². The van der Waals surface area contributed by atoms with Crippen molar-refractivity contribution < 1.29 is 19.4 Å². The highest BCUT2D eigenvalue weighted by Crippen LogP contribution is 2.25. The zero-order valence-corrected chi connectivity index (χ0v) is 11.0. The summed E-state index contributed by atoms with van der Waals surface area (Å²) < 4.78 is 13.8. The van der Waals surface area contributed by atoms with Crippen molar-refractivity contribution >= 4 is 51.2 Å². The van der Waals surface area contributed by atoms with Gasteiger partial charge in [-0.25, -0.2) is 9.18 Å². The number of halogens is 3. The smallest absolute Gasteiger partial charge is 0.337 e. The van der Waals surface area contributed by atoms with E-state index in [4.69, 9.17) is 5.11 Å². The van der Waals surface area contributed by atoms with Crippen LogP contribution in [-0.2, 0) is 4.79 Å². The molecule has 0 bridgehead atoms. The second-order valence-electron chi connectivity index (χ2n) is 2.53. The number of benzene rings is 1. The maximum atomic E-state index is 13.1. The summed E-state index contributed by atoms with van der Waals surface area (Å²) >= 11 is 3.53. The van der Waals surface area contributed by atoms with Crippen LogP contribution in [0.25, 0.3) is 0 Å². The van der Waals surface area contributed by atoms with Crippen LogP contribution in [0.5, 0.6) is 0 Å². The third-order valence-electron chi connectivity index (χ3n) is 1.55. The maximum Gasteiger partial charge on any atom is 0.337 e. The van der Waals surface area contributed by atoms with Gasteiger partial charge in [-0.3, -0.25) is 0 Å². The number of hydrogen-bond acceptors (Lipinski definition) is 2. The molecule has 0 fully saturated rings. The molecule has 0 radical (unpaired) electrons. The summed E-state index contributed by atoms with van der Waals surface area (Å²) in [6, 6.07) is 2.73. The Hall–Kier alpha value is 0.0400. The minimum absolute atomic E-state index is 0.0856. The lowest BCUT2D eigenvalue weighted by Gasteiger charge is -2.09. The largest absolute Gasteiger partial charge is 0.479 e. The molecule has 0 aliphatic rings. The lowest BCUT2D eigenvalue weighted by Crippen LogP contribution is -2.13. The van der Waals surface area contributed by atoms with Crippen molar-refractivity contribution in [1.82, 2.24) is 0 Å². The Morgan fingerprint density at radius 3 is 2.50 bits per heavy atom. The highest BCUT2D eigenvalue weighted by atomic mass is 127. The third-order valence-corrected chi connectivity index (χ3v) is 3.31. The lowest BCUT2D eigenvalue weighted by molar-refractivity contribution is -0.147. The summed E-state index contributed by atoms with van der Waals surface area (Å²) in [6.07, 6.45) is -1.67. The van der Waals surface area contributed by atoms with Gasteiger partial charge in [0.15, 0.2) is 6.10 Å². The summed E-state index contributed by atoms with van der Waals surface area (Å²) in [5, 5.41) is 17.8. The molecule has 1 aromatic carbocycles. The van der Waals surface area contributed by atoms with Crippen molar-refractivity contribution in [3.05, 3.63) is 30.7 Å². The summed E-state index contributed by atoms with van der Waals surface area (Å²) in [5.74, 6) is -1.91. The molecule has 1 atom stereocenters. The quantitative estimate of drug-likeness (QED) is 0.568. The molecule has 1 rings (SSSR count). The van der Waals surface area contributed by atoms with Gasteiger partial charge in [0, 0.05) is 9.13 Å². The van der Waals surface area contributed by atoms with Crippen LogP contribution < -0.4 is 0 Å². The number of hydrogen-bond donors (Lipinski definition) is 2. The van der Waals surface area contributed by atoms with E-state index >= 15 is 0 Å². The van der Waals surface area contributed by atoms with Crippen LogP contribution in [0, 0.1) is 13.0 Å². The molecule has 1 unspecified atom stereocenters. The van der Waals surface area contributed by atoms with E-state index in [0.717, 1.165) is 0 Å². The van der Waals surface area contributed by atoms with Gasteiger partial charge in [0.25, 0.3) is 0 Å². The number of carboxylic acids is 1. The minimum Gasteiger partial charge on any atom is -0.479 e. The van der Waals surface area contributed by atoms with E-state index in [-0.39, 0.29) is 9.13 Å². The van der Waals surface area contributed by atoms with Crippen molar-refractivity contribution in [1.29, 1.82) is 0 Å². The van der Waals surface area contributed by atoms with Crippen molar-refractivity contribution in [2.75, 3.05) is 0 Å². The Morgan fingerprint density at radius 2 is 2.00 bits per heavy atom. The predicted octanol–water partition coefficient (Wildman–Crippen LogP) is 2.15. The van der Waals surface area contributed by atoms with Crippen molar-refractivity contribution in [3.63, 3.8) is 0 Å². The van der Waals surface area contributed by atoms with E-state index in [1.807, 2.05) is 22.6 Å². The molecule has 1 aromatic rings. The first-order chi connectivity index (χ1) is 6.43. The highest BCUT2D eigenvalue weighted by molar-refractivity contribution is 14.1. The average Bonchev–Trinajstić information content (AvgIpc) is 2.09. The van der Waals surface area contributed by atoms with Gasteiger partial charge in [0.2, 0.25) is 0 Å². The van der Waals surface area contributed by atoms with Crippen LogP contribution in [-0.4, -0.2) is 16.2 Å². The molecule has 6 heteroatoms. The number of aliphatic hydroxyl groups excluding tert-OH is 1. The molecule has 0 saturated carbocycles. The highest BCUT2D eigenvalue weighted by Gasteiger charge is 2.21. The van der Waals surface area contributed by atoms with Gasteiger partial charge in [-0.05, 0) is 57.3 Å². The lowest BCUT2D eigenvalue weighted by atomic mass is 10.1. The van der Waals surface area contributed by atoms with Crippen LogP contribution in [0.2, 0.25) is 0 Å². The molecule has 2 N–H and O–H groups in total. The van der Waals surface area contributed by atoms with Crippen LogP contribution in [0.15, 0.2) is 12.1 Å². The molecule has 0 spiro atoms. The number of aliphatic carboxylic acids is 1. The molecule has 3 nitrogen and oxygen atoms in total. The van der Waals surface area contributed by atoms with E-state index < -0.39 is 17.9 Å². The second-order valence-corrected chi connectivity index (χ2v) is 4.86. The van der Waals surface area contributed by atoms with E-state index in [2.05, 4.69) is 0 Å². The molecular weight excluding hydrogens is 417 g/mol. The Morgan fingerprint density at radius 1 is 1.43 bits per heavy atom. The maximum absolute atomic E-state index is 13.1. The number of carbonyl (C=O) groups is 1. The molecule has 14 heavy (non-hydrogen) atoms. The molecular formula is C8H5FI2O3. The van der Waals surface area contributed by atoms with E-state index in [1.165, 1.54) is 12.1 Å². The molecule has 76 valence electrons. The zero-order chi connectivity index (χ0) is 10.9. The van der Waals surface area contributed by atoms with E-state index in [9.17, 15) is 14.3 Å². The molecule has 0 aliphatic heterocycles. The molecule has 0 aromatic heterocycles. The molecule has 0 aliphatic carbocycles. The summed E-state index contributed by atoms with van der Waals surface area (Å²) in [5.41, 5.74) is 0.0856. The summed E-state index contributed by atoms with van der Waals surface area (Å²) in [4.78, 5) is 10.5. The van der Waals surface area contributed by atoms with Crippen LogP contribution >= 0.6 is 45.2 Å². The first-order valence-corrected chi connectivity index (χ1v) is 5.64. The van der Waals surface area contributed by atoms with Gasteiger partial charge in [-0.2, -0.15) is 0 Å². The monoisotopic (exact) mass is 422 g/mol. The van der Waals surface area contributed by atoms with Gasteiger partial charge in [0.1, 0.15) is 5.82 Å². The number of aliphatic hydroxyl groups is 1. The van der Waals surface area contributed by atoms with Crippen LogP contribution in [0.3, 0.4) is 0 Å². The fourth-order valence-electron chi connectivity index (χ4n) is 0.908. The normalized spacial score (nSPS) is 12.6. The second kappa shape index (κ2) is 4.71. The van der Waals surface area contributed by atoms with Crippen LogP contribution in [0.4, 0.5) is 4.39 Å². The fourth-order valence-corrected chi connectivity index (χ4v) is 2.12. The minimum atomic E-state index is -1.67. The van der Waals surface area contributed by atoms with Crippen LogP contribution in [0.1, 0.15) is 11.7 Å². The topological polar surface area (TPSA) is 57.5 Å². The Kier molecular flexibility index (Phi) is 4.07. The zero-order valence-electron chi connectivity index (χ0n) is 6.67. The Labute approximate surface area is 107 Å². The molecule has 0 heterocycles. The molecule has 0 saturated heterocycles. The third kappa shape index (κ3) is 2.54. The van der Waals surface area contributed by atoms with E-state index in [0.29, 0.717) is 3.57 Å². The number of carboxylic acid groups (broad SMARTS) is 1. The standard InChI is InChI=1S/C8H5FI2O3/c9-5-2-3(10)1-4(6(5)11)7(12)8(13)14/h1-2,7,12H,(H,13,14). The van der Waals surface area contributed by atoms with Gasteiger partial charge < -0.3 is 10.2 Å². The van der Waals surface area contributed by atoms with Gasteiger partial charge in [-0.1, -0.05) is 0 Å². The Bertz CT molecular complexity index is 381. The van der Waals surface area contributed by atoms with Gasteiger partial charge in [-0.15, -0.1) is 0 Å². The van der Waals surface area contributed by atoms with Crippen molar-refractivity contribution in [3.8, 4) is 0 Å². The first-order valence-electron chi connectivity index (χ1n) is 3.48. The first kappa shape index (κ1) is 12.1. The summed E-state index contributed by atoms with van der Waals surface area (Å²) in [7, 11) is 0.